The SMILES string of the molecule is Cn1c(-c2ccc(Br)cc2)cnc1SCC(N)=O. The smallest absolute Gasteiger partial charge is 0.227 e. The summed E-state index contributed by atoms with van der Waals surface area (Å²) in [6, 6.07) is 8.00. The number of hydrogen-bond acceptors (Lipinski definition) is 3. The molecule has 0 spiro atoms. The molecule has 94 valence electrons. The molecule has 0 radical (unpaired) electrons. The molecule has 0 fully saturated rings. The number of carbonyl (C=O) groups is 1. The molecule has 0 atom stereocenters. The van der Waals surface area contributed by atoms with Gasteiger partial charge in [-0.25, -0.2) is 4.98 Å². The van der Waals surface area contributed by atoms with Gasteiger partial charge in [-0.05, 0) is 17.7 Å². The zero-order valence-corrected chi connectivity index (χ0v) is 12.2. The highest BCUT2D eigenvalue weighted by Crippen LogP contribution is 2.25. The van der Waals surface area contributed by atoms with E-state index in [1.54, 1.807) is 6.20 Å². The fourth-order valence-corrected chi connectivity index (χ4v) is 2.51. The monoisotopic (exact) mass is 325 g/mol. The van der Waals surface area contributed by atoms with Crippen molar-refractivity contribution in [2.45, 2.75) is 5.16 Å². The van der Waals surface area contributed by atoms with Crippen LogP contribution in [0.3, 0.4) is 0 Å². The third kappa shape index (κ3) is 2.94. The van der Waals surface area contributed by atoms with Crippen LogP contribution in [-0.2, 0) is 11.8 Å². The maximum Gasteiger partial charge on any atom is 0.227 e. The fraction of sp³-hybridized carbons (Fsp3) is 0.167. The molecule has 18 heavy (non-hydrogen) atoms. The summed E-state index contributed by atoms with van der Waals surface area (Å²) in [6.45, 7) is 0. The van der Waals surface area contributed by atoms with E-state index in [9.17, 15) is 4.79 Å². The molecule has 0 aliphatic heterocycles. The molecule has 1 aromatic heterocycles. The van der Waals surface area contributed by atoms with E-state index in [2.05, 4.69) is 20.9 Å². The molecule has 2 rings (SSSR count). The first-order valence-corrected chi connectivity index (χ1v) is 7.04. The van der Waals surface area contributed by atoms with Crippen LogP contribution in [0.5, 0.6) is 0 Å². The minimum absolute atomic E-state index is 0.241. The van der Waals surface area contributed by atoms with E-state index in [1.165, 1.54) is 11.8 Å². The molecule has 0 bridgehead atoms. The molecule has 6 heteroatoms. The van der Waals surface area contributed by atoms with Crippen molar-refractivity contribution >= 4 is 33.6 Å². The summed E-state index contributed by atoms with van der Waals surface area (Å²) in [7, 11) is 1.92. The molecule has 0 unspecified atom stereocenters. The largest absolute Gasteiger partial charge is 0.369 e. The van der Waals surface area contributed by atoms with E-state index in [4.69, 9.17) is 5.73 Å². The molecule has 2 aromatic rings. The summed E-state index contributed by atoms with van der Waals surface area (Å²) in [4.78, 5) is 15.1. The van der Waals surface area contributed by atoms with Gasteiger partial charge in [0.25, 0.3) is 0 Å². The van der Waals surface area contributed by atoms with Crippen molar-refractivity contribution in [3.05, 3.63) is 34.9 Å². The predicted molar refractivity (Wildman–Crippen MR) is 76.3 cm³/mol. The highest BCUT2D eigenvalue weighted by Gasteiger charge is 2.09. The molecular formula is C12H12BrN3OS. The third-order valence-corrected chi connectivity index (χ3v) is 4.02. The Bertz CT molecular complexity index is 565. The molecule has 0 saturated carbocycles. The topological polar surface area (TPSA) is 60.9 Å². The van der Waals surface area contributed by atoms with Gasteiger partial charge in [-0.1, -0.05) is 39.8 Å². The molecule has 1 amide bonds. The van der Waals surface area contributed by atoms with E-state index < -0.39 is 0 Å². The van der Waals surface area contributed by atoms with E-state index in [1.807, 2.05) is 35.9 Å². The van der Waals surface area contributed by atoms with Crippen LogP contribution in [0.4, 0.5) is 0 Å². The highest BCUT2D eigenvalue weighted by molar-refractivity contribution is 9.10. The molecular weight excluding hydrogens is 314 g/mol. The molecule has 1 aromatic carbocycles. The first kappa shape index (κ1) is 13.2. The number of halogens is 1. The lowest BCUT2D eigenvalue weighted by atomic mass is 10.2. The van der Waals surface area contributed by atoms with Gasteiger partial charge in [0.05, 0.1) is 17.6 Å². The summed E-state index contributed by atoms with van der Waals surface area (Å²) in [5.41, 5.74) is 7.21. The number of carbonyl (C=O) groups excluding carboxylic acids is 1. The first-order valence-electron chi connectivity index (χ1n) is 5.26. The Balaban J connectivity index is 2.25. The van der Waals surface area contributed by atoms with Gasteiger partial charge in [0.2, 0.25) is 5.91 Å². The van der Waals surface area contributed by atoms with Crippen molar-refractivity contribution in [1.29, 1.82) is 0 Å². The summed E-state index contributed by atoms with van der Waals surface area (Å²) < 4.78 is 2.99. The second-order valence-electron chi connectivity index (χ2n) is 3.75. The lowest BCUT2D eigenvalue weighted by Gasteiger charge is -2.05. The van der Waals surface area contributed by atoms with Crippen molar-refractivity contribution in [2.75, 3.05) is 5.75 Å². The minimum atomic E-state index is -0.340. The van der Waals surface area contributed by atoms with Gasteiger partial charge in [0, 0.05) is 11.5 Å². The number of imidazole rings is 1. The van der Waals surface area contributed by atoms with E-state index in [0.717, 1.165) is 20.9 Å². The predicted octanol–water partition coefficient (Wildman–Crippen LogP) is 2.43. The number of primary amides is 1. The van der Waals surface area contributed by atoms with Gasteiger partial charge < -0.3 is 10.3 Å². The van der Waals surface area contributed by atoms with Crippen LogP contribution in [0.15, 0.2) is 40.1 Å². The Morgan fingerprint density at radius 3 is 2.72 bits per heavy atom. The van der Waals surface area contributed by atoms with Gasteiger partial charge in [-0.3, -0.25) is 4.79 Å². The molecule has 0 aliphatic rings. The van der Waals surface area contributed by atoms with Crippen LogP contribution >= 0.6 is 27.7 Å². The lowest BCUT2D eigenvalue weighted by Crippen LogP contribution is -2.13. The number of aromatic nitrogens is 2. The number of nitrogens with two attached hydrogens (primary N) is 1. The van der Waals surface area contributed by atoms with Crippen molar-refractivity contribution in [1.82, 2.24) is 9.55 Å². The number of rotatable bonds is 4. The van der Waals surface area contributed by atoms with Crippen molar-refractivity contribution < 1.29 is 4.79 Å². The minimum Gasteiger partial charge on any atom is -0.369 e. The highest BCUT2D eigenvalue weighted by atomic mass is 79.9. The summed E-state index contributed by atoms with van der Waals surface area (Å²) >= 11 is 4.75. The first-order chi connectivity index (χ1) is 8.58. The lowest BCUT2D eigenvalue weighted by molar-refractivity contribution is -0.115. The number of amides is 1. The van der Waals surface area contributed by atoms with Crippen LogP contribution in [-0.4, -0.2) is 21.2 Å². The normalized spacial score (nSPS) is 10.6. The second kappa shape index (κ2) is 5.58. The average molecular weight is 326 g/mol. The third-order valence-electron chi connectivity index (χ3n) is 2.43. The molecule has 2 N–H and O–H groups in total. The fourth-order valence-electron chi connectivity index (χ4n) is 1.55. The Kier molecular flexibility index (Phi) is 4.08. The Morgan fingerprint density at radius 2 is 2.11 bits per heavy atom. The van der Waals surface area contributed by atoms with Crippen molar-refractivity contribution in [3.63, 3.8) is 0 Å². The van der Waals surface area contributed by atoms with Crippen molar-refractivity contribution in [3.8, 4) is 11.3 Å². The Hall–Kier alpha value is -1.27. The summed E-state index contributed by atoms with van der Waals surface area (Å²) in [5, 5.41) is 0.784. The molecule has 0 aliphatic carbocycles. The number of hydrogen-bond donors (Lipinski definition) is 1. The Morgan fingerprint density at radius 1 is 1.44 bits per heavy atom. The van der Waals surface area contributed by atoms with E-state index >= 15 is 0 Å². The van der Waals surface area contributed by atoms with Crippen LogP contribution < -0.4 is 5.73 Å². The van der Waals surface area contributed by atoms with Gasteiger partial charge in [-0.2, -0.15) is 0 Å². The molecule has 1 heterocycles. The maximum absolute atomic E-state index is 10.8. The quantitative estimate of drug-likeness (QED) is 0.878. The van der Waals surface area contributed by atoms with Crippen LogP contribution in [0.1, 0.15) is 0 Å². The van der Waals surface area contributed by atoms with Crippen LogP contribution in [0, 0.1) is 0 Å². The number of nitrogens with zero attached hydrogens (tertiary/aromatic N) is 2. The van der Waals surface area contributed by atoms with Gasteiger partial charge in [-0.15, -0.1) is 0 Å². The van der Waals surface area contributed by atoms with Crippen LogP contribution in [0.25, 0.3) is 11.3 Å². The average Bonchev–Trinajstić information content (AvgIpc) is 2.69. The van der Waals surface area contributed by atoms with Crippen LogP contribution in [0.2, 0.25) is 0 Å². The summed E-state index contributed by atoms with van der Waals surface area (Å²) in [6.07, 6.45) is 1.80. The standard InChI is InChI=1S/C12H12BrN3OS/c1-16-10(8-2-4-9(13)5-3-8)6-15-12(16)18-7-11(14)17/h2-6H,7H2,1H3,(H2,14,17). The molecule has 0 saturated heterocycles. The Labute approximate surface area is 118 Å². The van der Waals surface area contributed by atoms with Gasteiger partial charge in [0.15, 0.2) is 5.16 Å². The zero-order valence-electron chi connectivity index (χ0n) is 9.76. The molecule has 4 nitrogen and oxygen atoms in total. The van der Waals surface area contributed by atoms with E-state index in [-0.39, 0.29) is 11.7 Å². The summed E-state index contributed by atoms with van der Waals surface area (Å²) in [5.74, 6) is -0.0989. The number of benzene rings is 1. The zero-order chi connectivity index (χ0) is 13.1. The number of thioether (sulfide) groups is 1. The van der Waals surface area contributed by atoms with Gasteiger partial charge in [0.1, 0.15) is 0 Å². The maximum atomic E-state index is 10.8. The van der Waals surface area contributed by atoms with Gasteiger partial charge >= 0.3 is 0 Å². The second-order valence-corrected chi connectivity index (χ2v) is 5.61. The van der Waals surface area contributed by atoms with E-state index in [0.29, 0.717) is 0 Å². The van der Waals surface area contributed by atoms with Crippen molar-refractivity contribution in [2.24, 2.45) is 12.8 Å².